The van der Waals surface area contributed by atoms with Crippen LogP contribution < -0.4 is 17.2 Å². The molecular weight excluding hydrogens is 386 g/mol. The van der Waals surface area contributed by atoms with Crippen LogP contribution in [0.4, 0.5) is 0 Å². The summed E-state index contributed by atoms with van der Waals surface area (Å²) in [6.07, 6.45) is 1.34. The second-order valence-electron chi connectivity index (χ2n) is 6.27. The van der Waals surface area contributed by atoms with Gasteiger partial charge in [0.15, 0.2) is 0 Å². The van der Waals surface area contributed by atoms with Crippen molar-refractivity contribution >= 4 is 29.7 Å². The maximum absolute atomic E-state index is 12.1. The molecule has 0 unspecified atom stereocenters. The molecular formula is C18H27N3O6S. The van der Waals surface area contributed by atoms with Gasteiger partial charge in [0.05, 0.1) is 0 Å². The van der Waals surface area contributed by atoms with Crippen LogP contribution in [-0.2, 0) is 30.3 Å². The van der Waals surface area contributed by atoms with Crippen molar-refractivity contribution in [2.24, 2.45) is 17.2 Å². The summed E-state index contributed by atoms with van der Waals surface area (Å²) in [5.74, 6) is -1.93. The molecule has 7 N–H and O–H groups in total. The summed E-state index contributed by atoms with van der Waals surface area (Å²) in [6.45, 7) is 1.40. The molecule has 0 aliphatic rings. The number of phenols is 1. The van der Waals surface area contributed by atoms with E-state index in [0.717, 1.165) is 5.56 Å². The minimum atomic E-state index is -1.36. The fourth-order valence-corrected chi connectivity index (χ4v) is 2.60. The van der Waals surface area contributed by atoms with E-state index in [9.17, 15) is 19.5 Å². The van der Waals surface area contributed by atoms with Gasteiger partial charge in [0.25, 0.3) is 0 Å². The SMILES string of the molecule is CSCC[C@H](N)C(=O)OC(=O)[C@@H](N)[C@@H](C)OC(=O)[C@@H](N)Cc1ccc(O)cc1. The Bertz CT molecular complexity index is 670. The van der Waals surface area contributed by atoms with Crippen LogP contribution in [0.3, 0.4) is 0 Å². The molecule has 0 aromatic heterocycles. The number of thioether (sulfide) groups is 1. The smallest absolute Gasteiger partial charge is 0.334 e. The van der Waals surface area contributed by atoms with E-state index in [-0.39, 0.29) is 12.2 Å². The number of hydrogen-bond donors (Lipinski definition) is 4. The molecule has 0 saturated heterocycles. The molecule has 10 heteroatoms. The second-order valence-corrected chi connectivity index (χ2v) is 7.26. The van der Waals surface area contributed by atoms with E-state index in [1.807, 2.05) is 6.26 Å². The molecule has 28 heavy (non-hydrogen) atoms. The van der Waals surface area contributed by atoms with E-state index in [0.29, 0.717) is 12.2 Å². The van der Waals surface area contributed by atoms with Crippen molar-refractivity contribution in [1.82, 2.24) is 0 Å². The van der Waals surface area contributed by atoms with Gasteiger partial charge in [-0.25, -0.2) is 9.59 Å². The van der Waals surface area contributed by atoms with Gasteiger partial charge in [-0.05, 0) is 49.5 Å². The summed E-state index contributed by atoms with van der Waals surface area (Å²) in [4.78, 5) is 35.8. The fourth-order valence-electron chi connectivity index (χ4n) is 2.11. The lowest BCUT2D eigenvalue weighted by Gasteiger charge is -2.21. The molecule has 1 aromatic carbocycles. The van der Waals surface area contributed by atoms with Gasteiger partial charge in [0.1, 0.15) is 30.0 Å². The summed E-state index contributed by atoms with van der Waals surface area (Å²) in [6, 6.07) is 2.92. The van der Waals surface area contributed by atoms with Crippen molar-refractivity contribution in [3.63, 3.8) is 0 Å². The summed E-state index contributed by atoms with van der Waals surface area (Å²) in [5, 5.41) is 9.26. The number of phenolic OH excluding ortho intramolecular Hbond substituents is 1. The van der Waals surface area contributed by atoms with Crippen molar-refractivity contribution in [3.8, 4) is 5.75 Å². The number of benzene rings is 1. The van der Waals surface area contributed by atoms with Crippen molar-refractivity contribution in [3.05, 3.63) is 29.8 Å². The quantitative estimate of drug-likeness (QED) is 0.294. The molecule has 0 saturated carbocycles. The number of ether oxygens (including phenoxy) is 2. The minimum Gasteiger partial charge on any atom is -0.508 e. The third-order valence-corrected chi connectivity index (χ3v) is 4.56. The summed E-state index contributed by atoms with van der Waals surface area (Å²) >= 11 is 1.51. The van der Waals surface area contributed by atoms with Crippen molar-refractivity contribution in [2.45, 2.75) is 44.0 Å². The maximum atomic E-state index is 12.1. The Morgan fingerprint density at radius 2 is 1.64 bits per heavy atom. The van der Waals surface area contributed by atoms with Gasteiger partial charge in [-0.2, -0.15) is 11.8 Å². The Morgan fingerprint density at radius 3 is 2.21 bits per heavy atom. The van der Waals surface area contributed by atoms with E-state index in [1.54, 1.807) is 12.1 Å². The topological polar surface area (TPSA) is 168 Å². The first-order valence-corrected chi connectivity index (χ1v) is 10.0. The van der Waals surface area contributed by atoms with Gasteiger partial charge in [-0.15, -0.1) is 0 Å². The molecule has 0 aliphatic heterocycles. The Balaban J connectivity index is 2.51. The van der Waals surface area contributed by atoms with E-state index in [2.05, 4.69) is 4.74 Å². The first-order chi connectivity index (χ1) is 13.1. The molecule has 0 spiro atoms. The summed E-state index contributed by atoms with van der Waals surface area (Å²) < 4.78 is 9.77. The van der Waals surface area contributed by atoms with Crippen molar-refractivity contribution in [2.75, 3.05) is 12.0 Å². The van der Waals surface area contributed by atoms with E-state index >= 15 is 0 Å². The van der Waals surface area contributed by atoms with Crippen LogP contribution >= 0.6 is 11.8 Å². The van der Waals surface area contributed by atoms with E-state index < -0.39 is 42.1 Å². The molecule has 0 heterocycles. The van der Waals surface area contributed by atoms with Gasteiger partial charge in [-0.3, -0.25) is 4.79 Å². The van der Waals surface area contributed by atoms with E-state index in [1.165, 1.54) is 30.8 Å². The zero-order valence-electron chi connectivity index (χ0n) is 15.9. The fraction of sp³-hybridized carbons (Fsp3) is 0.500. The first-order valence-electron chi connectivity index (χ1n) is 8.65. The van der Waals surface area contributed by atoms with Gasteiger partial charge in [-0.1, -0.05) is 12.1 Å². The largest absolute Gasteiger partial charge is 0.508 e. The molecule has 1 aromatic rings. The molecule has 9 nitrogen and oxygen atoms in total. The highest BCUT2D eigenvalue weighted by Crippen LogP contribution is 2.12. The number of rotatable bonds is 10. The van der Waals surface area contributed by atoms with Crippen LogP contribution in [0.5, 0.6) is 5.75 Å². The summed E-state index contributed by atoms with van der Waals surface area (Å²) in [7, 11) is 0. The molecule has 1 rings (SSSR count). The molecule has 156 valence electrons. The third-order valence-electron chi connectivity index (χ3n) is 3.91. The van der Waals surface area contributed by atoms with Gasteiger partial charge < -0.3 is 31.8 Å². The minimum absolute atomic E-state index is 0.0979. The molecule has 0 radical (unpaired) electrons. The van der Waals surface area contributed by atoms with Crippen LogP contribution in [0.15, 0.2) is 24.3 Å². The van der Waals surface area contributed by atoms with Gasteiger partial charge in [0.2, 0.25) is 0 Å². The monoisotopic (exact) mass is 413 g/mol. The number of carbonyl (C=O) groups is 3. The molecule has 0 bridgehead atoms. The first kappa shape index (κ1) is 23.9. The van der Waals surface area contributed by atoms with E-state index in [4.69, 9.17) is 21.9 Å². The Kier molecular flexibility index (Phi) is 9.94. The van der Waals surface area contributed by atoms with Gasteiger partial charge in [0, 0.05) is 0 Å². The number of nitrogens with two attached hydrogens (primary N) is 3. The normalized spacial score (nSPS) is 15.2. The second kappa shape index (κ2) is 11.6. The zero-order chi connectivity index (χ0) is 21.3. The highest BCUT2D eigenvalue weighted by molar-refractivity contribution is 7.98. The molecule has 0 fully saturated rings. The van der Waals surface area contributed by atoms with Crippen LogP contribution in [0.25, 0.3) is 0 Å². The number of carbonyl (C=O) groups excluding carboxylic acids is 3. The van der Waals surface area contributed by atoms with Crippen molar-refractivity contribution in [1.29, 1.82) is 0 Å². The standard InChI is InChI=1S/C18H27N3O6S/c1-10(15(21)18(25)27-16(23)13(19)7-8-28-2)26-17(24)14(20)9-11-3-5-12(22)6-4-11/h3-6,10,13-15,22H,7-9,19-21H2,1-2H3/t10-,13+,14+,15+/m1/s1. The predicted octanol–water partition coefficient (Wildman–Crippen LogP) is -0.329. The maximum Gasteiger partial charge on any atom is 0.334 e. The zero-order valence-corrected chi connectivity index (χ0v) is 16.7. The average Bonchev–Trinajstić information content (AvgIpc) is 2.66. The average molecular weight is 413 g/mol. The number of esters is 3. The lowest BCUT2D eigenvalue weighted by Crippen LogP contribution is -2.48. The highest BCUT2D eigenvalue weighted by Gasteiger charge is 2.30. The Hall–Kier alpha value is -2.14. The third kappa shape index (κ3) is 7.85. The lowest BCUT2D eigenvalue weighted by atomic mass is 10.1. The Morgan fingerprint density at radius 1 is 1.04 bits per heavy atom. The van der Waals surface area contributed by atoms with Crippen LogP contribution in [0, 0.1) is 0 Å². The van der Waals surface area contributed by atoms with Crippen molar-refractivity contribution < 1.29 is 29.0 Å². The highest BCUT2D eigenvalue weighted by atomic mass is 32.2. The molecule has 0 amide bonds. The van der Waals surface area contributed by atoms with Crippen LogP contribution in [0.2, 0.25) is 0 Å². The predicted molar refractivity (Wildman–Crippen MR) is 105 cm³/mol. The molecule has 0 aliphatic carbocycles. The lowest BCUT2D eigenvalue weighted by molar-refractivity contribution is -0.165. The Labute approximate surface area is 167 Å². The van der Waals surface area contributed by atoms with Gasteiger partial charge >= 0.3 is 17.9 Å². The van der Waals surface area contributed by atoms with Crippen LogP contribution in [-0.4, -0.2) is 59.3 Å². The summed E-state index contributed by atoms with van der Waals surface area (Å²) in [5.41, 5.74) is 17.9. The molecule has 4 atom stereocenters. The van der Waals surface area contributed by atoms with Crippen LogP contribution in [0.1, 0.15) is 18.9 Å². The number of hydrogen-bond acceptors (Lipinski definition) is 10. The number of aromatic hydroxyl groups is 1.